The minimum atomic E-state index is -0.692. The first-order chi connectivity index (χ1) is 10.6. The number of amides is 1. The van der Waals surface area contributed by atoms with Gasteiger partial charge in [-0.15, -0.1) is 0 Å². The normalized spacial score (nSPS) is 20.0. The quantitative estimate of drug-likeness (QED) is 0.508. The van der Waals surface area contributed by atoms with Crippen LogP contribution >= 0.6 is 0 Å². The summed E-state index contributed by atoms with van der Waals surface area (Å²) in [6, 6.07) is 15.7. The predicted octanol–water partition coefficient (Wildman–Crippen LogP) is 2.70. The molecule has 2 aromatic rings. The lowest BCUT2D eigenvalue weighted by Crippen LogP contribution is -2.21. The molecule has 1 aliphatic rings. The molecule has 2 N–H and O–H groups in total. The van der Waals surface area contributed by atoms with Crippen LogP contribution in [0.1, 0.15) is 22.7 Å². The number of Topliss-reactive ketones (excluding diaryl/α,β-unsaturated/α-hetero) is 1. The van der Waals surface area contributed by atoms with Crippen molar-refractivity contribution in [2.24, 2.45) is 0 Å². The Balaban J connectivity index is 2.11. The Bertz CT molecular complexity index is 761. The number of nitrogens with one attached hydrogen (secondary N) is 1. The molecule has 22 heavy (non-hydrogen) atoms. The van der Waals surface area contributed by atoms with Crippen molar-refractivity contribution in [3.63, 3.8) is 0 Å². The van der Waals surface area contributed by atoms with Crippen molar-refractivity contribution in [3.05, 3.63) is 76.9 Å². The van der Waals surface area contributed by atoms with Crippen molar-refractivity contribution in [3.8, 4) is 0 Å². The summed E-state index contributed by atoms with van der Waals surface area (Å²) in [7, 11) is 0. The molecule has 4 heteroatoms. The van der Waals surface area contributed by atoms with E-state index < -0.39 is 17.7 Å². The molecule has 0 bridgehead atoms. The average molecular weight is 293 g/mol. The molecule has 110 valence electrons. The maximum Gasteiger partial charge on any atom is 0.293 e. The molecule has 4 nitrogen and oxygen atoms in total. The van der Waals surface area contributed by atoms with E-state index >= 15 is 0 Å². The molecule has 0 spiro atoms. The van der Waals surface area contributed by atoms with Crippen molar-refractivity contribution >= 4 is 17.4 Å². The number of carbonyl (C=O) groups excluding carboxylic acids is 2. The lowest BCUT2D eigenvalue weighted by atomic mass is 9.96. The highest BCUT2D eigenvalue weighted by atomic mass is 16.3. The maximum absolute atomic E-state index is 12.1. The van der Waals surface area contributed by atoms with Crippen molar-refractivity contribution in [1.82, 2.24) is 5.32 Å². The fourth-order valence-corrected chi connectivity index (χ4v) is 2.53. The average Bonchev–Trinajstić information content (AvgIpc) is 2.84. The van der Waals surface area contributed by atoms with Gasteiger partial charge in [-0.25, -0.2) is 0 Å². The zero-order chi connectivity index (χ0) is 15.7. The van der Waals surface area contributed by atoms with Gasteiger partial charge in [0.2, 0.25) is 0 Å². The zero-order valence-corrected chi connectivity index (χ0v) is 12.0. The number of aryl methyl sites for hydroxylation is 1. The van der Waals surface area contributed by atoms with Crippen LogP contribution in [-0.2, 0) is 9.59 Å². The first-order valence-corrected chi connectivity index (χ1v) is 6.98. The fraction of sp³-hybridized carbons (Fsp3) is 0.111. The van der Waals surface area contributed by atoms with E-state index in [9.17, 15) is 14.7 Å². The highest BCUT2D eigenvalue weighted by molar-refractivity contribution is 6.46. The fourth-order valence-electron chi connectivity index (χ4n) is 2.53. The van der Waals surface area contributed by atoms with Gasteiger partial charge in [0.25, 0.3) is 11.7 Å². The molecule has 0 aromatic heterocycles. The van der Waals surface area contributed by atoms with Crippen LogP contribution in [0.2, 0.25) is 0 Å². The number of hydrogen-bond acceptors (Lipinski definition) is 3. The summed E-state index contributed by atoms with van der Waals surface area (Å²) in [5.74, 6) is -1.54. The summed E-state index contributed by atoms with van der Waals surface area (Å²) < 4.78 is 0. The number of aliphatic hydroxyl groups is 1. The molecule has 1 heterocycles. The van der Waals surface area contributed by atoms with Crippen LogP contribution in [0.5, 0.6) is 0 Å². The smallest absolute Gasteiger partial charge is 0.293 e. The molecular weight excluding hydrogens is 278 g/mol. The van der Waals surface area contributed by atoms with Gasteiger partial charge in [-0.2, -0.15) is 0 Å². The third kappa shape index (κ3) is 2.39. The molecule has 1 atom stereocenters. The van der Waals surface area contributed by atoms with E-state index in [2.05, 4.69) is 5.32 Å². The molecule has 1 saturated heterocycles. The lowest BCUT2D eigenvalue weighted by Gasteiger charge is -2.13. The standard InChI is InChI=1S/C18H15NO3/c1-11-7-9-13(10-8-11)16(20)14-15(19-18(22)17(14)21)12-5-3-2-4-6-12/h2-10,15,20H,1H3,(H,19,22). The minimum Gasteiger partial charge on any atom is -0.507 e. The molecule has 1 unspecified atom stereocenters. The Morgan fingerprint density at radius 3 is 2.27 bits per heavy atom. The summed E-state index contributed by atoms with van der Waals surface area (Å²) >= 11 is 0. The molecule has 1 aliphatic heterocycles. The summed E-state index contributed by atoms with van der Waals surface area (Å²) in [4.78, 5) is 23.9. The summed E-state index contributed by atoms with van der Waals surface area (Å²) in [6.45, 7) is 1.94. The van der Waals surface area contributed by atoms with Crippen LogP contribution in [0, 0.1) is 6.92 Å². The van der Waals surface area contributed by atoms with Crippen LogP contribution in [0.15, 0.2) is 60.2 Å². The second-order valence-corrected chi connectivity index (χ2v) is 5.27. The second-order valence-electron chi connectivity index (χ2n) is 5.27. The van der Waals surface area contributed by atoms with E-state index in [1.807, 2.05) is 49.4 Å². The van der Waals surface area contributed by atoms with E-state index in [-0.39, 0.29) is 11.3 Å². The first kappa shape index (κ1) is 14.1. The van der Waals surface area contributed by atoms with E-state index in [1.165, 1.54) is 0 Å². The number of benzene rings is 2. The molecule has 0 radical (unpaired) electrons. The predicted molar refractivity (Wildman–Crippen MR) is 83.1 cm³/mol. The Labute approximate surface area is 128 Å². The van der Waals surface area contributed by atoms with Gasteiger partial charge < -0.3 is 10.4 Å². The second kappa shape index (κ2) is 5.48. The molecule has 3 rings (SSSR count). The SMILES string of the molecule is Cc1ccc(C(O)=C2C(=O)C(=O)NC2c2ccccc2)cc1. The first-order valence-electron chi connectivity index (χ1n) is 6.98. The van der Waals surface area contributed by atoms with Gasteiger partial charge in [-0.3, -0.25) is 9.59 Å². The number of ketones is 1. The number of hydrogen-bond donors (Lipinski definition) is 2. The molecular formula is C18H15NO3. The highest BCUT2D eigenvalue weighted by Gasteiger charge is 2.39. The van der Waals surface area contributed by atoms with Gasteiger partial charge in [-0.1, -0.05) is 60.2 Å². The Kier molecular flexibility index (Phi) is 3.51. The van der Waals surface area contributed by atoms with Gasteiger partial charge >= 0.3 is 0 Å². The highest BCUT2D eigenvalue weighted by Crippen LogP contribution is 2.32. The number of rotatable bonds is 2. The van der Waals surface area contributed by atoms with Crippen LogP contribution < -0.4 is 5.32 Å². The molecule has 0 saturated carbocycles. The Morgan fingerprint density at radius 1 is 1.00 bits per heavy atom. The minimum absolute atomic E-state index is 0.0973. The van der Waals surface area contributed by atoms with Crippen molar-refractivity contribution in [1.29, 1.82) is 0 Å². The third-order valence-electron chi connectivity index (χ3n) is 3.73. The topological polar surface area (TPSA) is 66.4 Å². The Morgan fingerprint density at radius 2 is 1.64 bits per heavy atom. The van der Waals surface area contributed by atoms with Gasteiger partial charge in [0.05, 0.1) is 11.6 Å². The molecule has 0 aliphatic carbocycles. The van der Waals surface area contributed by atoms with Crippen molar-refractivity contribution < 1.29 is 14.7 Å². The monoisotopic (exact) mass is 293 g/mol. The van der Waals surface area contributed by atoms with Gasteiger partial charge in [0.1, 0.15) is 5.76 Å². The number of carbonyl (C=O) groups is 2. The van der Waals surface area contributed by atoms with Gasteiger partial charge in [0, 0.05) is 5.56 Å². The summed E-state index contributed by atoms with van der Waals surface area (Å²) in [5, 5.41) is 13.1. The molecule has 1 amide bonds. The summed E-state index contributed by atoms with van der Waals surface area (Å²) in [5.41, 5.74) is 2.43. The van der Waals surface area contributed by atoms with Crippen LogP contribution in [0.25, 0.3) is 5.76 Å². The molecule has 1 fully saturated rings. The van der Waals surface area contributed by atoms with Gasteiger partial charge in [-0.05, 0) is 12.5 Å². The van der Waals surface area contributed by atoms with Crippen molar-refractivity contribution in [2.75, 3.05) is 0 Å². The van der Waals surface area contributed by atoms with Crippen LogP contribution in [0.4, 0.5) is 0 Å². The zero-order valence-electron chi connectivity index (χ0n) is 12.0. The lowest BCUT2D eigenvalue weighted by molar-refractivity contribution is -0.133. The van der Waals surface area contributed by atoms with Crippen molar-refractivity contribution in [2.45, 2.75) is 13.0 Å². The van der Waals surface area contributed by atoms with E-state index in [0.717, 1.165) is 11.1 Å². The number of aliphatic hydroxyl groups excluding tert-OH is 1. The maximum atomic E-state index is 12.1. The molecule has 2 aromatic carbocycles. The van der Waals surface area contributed by atoms with E-state index in [1.54, 1.807) is 12.1 Å². The largest absolute Gasteiger partial charge is 0.507 e. The summed E-state index contributed by atoms with van der Waals surface area (Å²) in [6.07, 6.45) is 0. The Hall–Kier alpha value is -2.88. The van der Waals surface area contributed by atoms with E-state index in [4.69, 9.17) is 0 Å². The van der Waals surface area contributed by atoms with Crippen LogP contribution in [-0.4, -0.2) is 16.8 Å². The van der Waals surface area contributed by atoms with E-state index in [0.29, 0.717) is 5.56 Å². The third-order valence-corrected chi connectivity index (χ3v) is 3.73. The van der Waals surface area contributed by atoms with Gasteiger partial charge in [0.15, 0.2) is 0 Å². The van der Waals surface area contributed by atoms with Crippen LogP contribution in [0.3, 0.4) is 0 Å².